The van der Waals surface area contributed by atoms with Crippen LogP contribution in [0.5, 0.6) is 0 Å². The lowest BCUT2D eigenvalue weighted by molar-refractivity contribution is 0.0732. The van der Waals surface area contributed by atoms with Gasteiger partial charge in [0.25, 0.3) is 5.91 Å². The Morgan fingerprint density at radius 1 is 1.21 bits per heavy atom. The normalized spacial score (nSPS) is 17.2. The number of imidazole rings is 1. The summed E-state index contributed by atoms with van der Waals surface area (Å²) in [6.45, 7) is 3.90. The van der Waals surface area contributed by atoms with Gasteiger partial charge in [-0.05, 0) is 61.9 Å². The van der Waals surface area contributed by atoms with Crippen LogP contribution in [0.2, 0.25) is 0 Å². The predicted octanol–water partition coefficient (Wildman–Crippen LogP) is 4.09. The number of hydrogen-bond acceptors (Lipinski definition) is 3. The van der Waals surface area contributed by atoms with Crippen molar-refractivity contribution in [3.05, 3.63) is 53.3 Å². The van der Waals surface area contributed by atoms with Gasteiger partial charge in [-0.25, -0.2) is 9.37 Å². The van der Waals surface area contributed by atoms with E-state index in [9.17, 15) is 4.79 Å². The maximum atomic E-state index is 15.7. The van der Waals surface area contributed by atoms with Gasteiger partial charge in [0.2, 0.25) is 0 Å². The summed E-state index contributed by atoms with van der Waals surface area (Å²) in [5.74, 6) is 0.960. The Balaban J connectivity index is 1.51. The van der Waals surface area contributed by atoms with Gasteiger partial charge >= 0.3 is 0 Å². The molecule has 1 aliphatic heterocycles. The summed E-state index contributed by atoms with van der Waals surface area (Å²) in [6, 6.07) is 11.5. The molecule has 0 radical (unpaired) electrons. The van der Waals surface area contributed by atoms with Crippen LogP contribution in [0.1, 0.15) is 35.7 Å². The lowest BCUT2D eigenvalue weighted by Gasteiger charge is -2.29. The number of amides is 1. The monoisotopic (exact) mass is 445 g/mol. The van der Waals surface area contributed by atoms with Crippen LogP contribution >= 0.6 is 0 Å². The van der Waals surface area contributed by atoms with Crippen LogP contribution in [0.25, 0.3) is 33.5 Å². The molecule has 1 saturated carbocycles. The summed E-state index contributed by atoms with van der Waals surface area (Å²) in [5.41, 5.74) is 10.7. The van der Waals surface area contributed by atoms with Gasteiger partial charge in [-0.1, -0.05) is 12.1 Å². The molecule has 0 saturated heterocycles. The third-order valence-corrected chi connectivity index (χ3v) is 7.04. The Morgan fingerprint density at radius 2 is 2.00 bits per heavy atom. The van der Waals surface area contributed by atoms with Crippen LogP contribution in [0.3, 0.4) is 0 Å². The number of nitrogens with two attached hydrogens (primary N) is 1. The van der Waals surface area contributed by atoms with Crippen LogP contribution in [-0.4, -0.2) is 44.1 Å². The molecule has 3 heterocycles. The summed E-state index contributed by atoms with van der Waals surface area (Å²) in [7, 11) is 1.93. The number of aromatic nitrogens is 3. The molecule has 2 N–H and O–H groups in total. The Bertz CT molecular complexity index is 1410. The summed E-state index contributed by atoms with van der Waals surface area (Å²) in [5, 5.41) is 0.626. The zero-order chi connectivity index (χ0) is 22.9. The Morgan fingerprint density at radius 3 is 2.76 bits per heavy atom. The summed E-state index contributed by atoms with van der Waals surface area (Å²) >= 11 is 0. The average molecular weight is 446 g/mol. The number of rotatable bonds is 5. The van der Waals surface area contributed by atoms with Crippen LogP contribution < -0.4 is 5.73 Å². The zero-order valence-electron chi connectivity index (χ0n) is 19.0. The molecule has 1 fully saturated rings. The molecular weight excluding hydrogens is 417 g/mol. The molecule has 1 aliphatic carbocycles. The first-order valence-corrected chi connectivity index (χ1v) is 11.7. The number of carbonyl (C=O) groups is 1. The first kappa shape index (κ1) is 20.4. The molecule has 7 heteroatoms. The molecule has 0 unspecified atom stereocenters. The van der Waals surface area contributed by atoms with Crippen LogP contribution in [-0.2, 0) is 20.0 Å². The Hall–Kier alpha value is -3.19. The van der Waals surface area contributed by atoms with Gasteiger partial charge in [0, 0.05) is 43.7 Å². The Kier molecular flexibility index (Phi) is 4.59. The molecule has 6 nitrogen and oxygen atoms in total. The molecule has 33 heavy (non-hydrogen) atoms. The molecule has 1 atom stereocenters. The minimum Gasteiger partial charge on any atom is -0.337 e. The van der Waals surface area contributed by atoms with E-state index in [0.717, 1.165) is 29.6 Å². The quantitative estimate of drug-likeness (QED) is 0.503. The highest BCUT2D eigenvalue weighted by Gasteiger charge is 2.30. The summed E-state index contributed by atoms with van der Waals surface area (Å²) in [6.07, 6.45) is 3.15. The predicted molar refractivity (Wildman–Crippen MR) is 128 cm³/mol. The van der Waals surface area contributed by atoms with Gasteiger partial charge < -0.3 is 19.8 Å². The van der Waals surface area contributed by atoms with E-state index in [0.29, 0.717) is 47.0 Å². The lowest BCUT2D eigenvalue weighted by atomic mass is 9.97. The topological polar surface area (TPSA) is 69.1 Å². The number of para-hydroxylation sites is 1. The molecule has 170 valence electrons. The van der Waals surface area contributed by atoms with Crippen LogP contribution in [0.15, 0.2) is 36.4 Å². The van der Waals surface area contributed by atoms with Crippen molar-refractivity contribution in [1.82, 2.24) is 19.0 Å². The fraction of sp³-hybridized carbons (Fsp3) is 0.385. The molecule has 0 spiro atoms. The van der Waals surface area contributed by atoms with E-state index in [4.69, 9.17) is 10.7 Å². The SMILES string of the molecule is C[C@@H](N)CN1CCc2cc3c(cc2C1=O)nc(-c1c(F)c2ccccc2n1CC1CC1)n3C. The number of benzene rings is 2. The van der Waals surface area contributed by atoms with Gasteiger partial charge in [-0.3, -0.25) is 4.79 Å². The Labute approximate surface area is 191 Å². The van der Waals surface area contributed by atoms with E-state index in [-0.39, 0.29) is 17.8 Å². The third-order valence-electron chi connectivity index (χ3n) is 7.04. The number of aryl methyl sites for hydroxylation is 1. The van der Waals surface area contributed by atoms with Crippen molar-refractivity contribution in [2.45, 2.75) is 38.8 Å². The van der Waals surface area contributed by atoms with E-state index in [1.165, 1.54) is 12.8 Å². The fourth-order valence-corrected chi connectivity index (χ4v) is 5.18. The summed E-state index contributed by atoms with van der Waals surface area (Å²) < 4.78 is 19.8. The largest absolute Gasteiger partial charge is 0.337 e. The molecular formula is C26H28FN5O. The first-order valence-electron chi connectivity index (χ1n) is 11.7. The van der Waals surface area contributed by atoms with Crippen molar-refractivity contribution in [1.29, 1.82) is 0 Å². The number of fused-ring (bicyclic) bond motifs is 3. The fourth-order valence-electron chi connectivity index (χ4n) is 5.18. The minimum atomic E-state index is -0.228. The van der Waals surface area contributed by atoms with Gasteiger partial charge in [0.05, 0.1) is 16.6 Å². The van der Waals surface area contributed by atoms with E-state index in [1.54, 1.807) is 0 Å². The maximum Gasteiger partial charge on any atom is 0.254 e. The molecule has 2 aromatic heterocycles. The second-order valence-corrected chi connectivity index (χ2v) is 9.70. The van der Waals surface area contributed by atoms with Gasteiger partial charge in [0.15, 0.2) is 11.6 Å². The van der Waals surface area contributed by atoms with Crippen LogP contribution in [0.4, 0.5) is 4.39 Å². The highest BCUT2D eigenvalue weighted by atomic mass is 19.1. The van der Waals surface area contributed by atoms with Crippen molar-refractivity contribution in [2.75, 3.05) is 13.1 Å². The molecule has 2 aromatic carbocycles. The first-order chi connectivity index (χ1) is 15.9. The highest BCUT2D eigenvalue weighted by Crippen LogP contribution is 2.38. The van der Waals surface area contributed by atoms with Crippen molar-refractivity contribution in [2.24, 2.45) is 18.7 Å². The smallest absolute Gasteiger partial charge is 0.254 e. The third kappa shape index (κ3) is 3.25. The molecule has 4 aromatic rings. The minimum absolute atomic E-state index is 0.00307. The summed E-state index contributed by atoms with van der Waals surface area (Å²) in [4.78, 5) is 19.8. The molecule has 6 rings (SSSR count). The van der Waals surface area contributed by atoms with Crippen LogP contribution in [0, 0.1) is 11.7 Å². The van der Waals surface area contributed by atoms with Crippen molar-refractivity contribution >= 4 is 27.8 Å². The number of halogens is 1. The second-order valence-electron chi connectivity index (χ2n) is 9.70. The van der Waals surface area contributed by atoms with Gasteiger partial charge in [-0.15, -0.1) is 0 Å². The van der Waals surface area contributed by atoms with E-state index < -0.39 is 0 Å². The van der Waals surface area contributed by atoms with Crippen molar-refractivity contribution in [3.8, 4) is 11.5 Å². The maximum absolute atomic E-state index is 15.7. The second kappa shape index (κ2) is 7.42. The molecule has 0 bridgehead atoms. The lowest BCUT2D eigenvalue weighted by Crippen LogP contribution is -2.43. The van der Waals surface area contributed by atoms with Gasteiger partial charge in [-0.2, -0.15) is 0 Å². The standard InChI is InChI=1S/C26H28FN5O/c1-15(28)13-31-10-9-17-11-22-20(12-19(17)26(31)33)29-25(30(22)2)24-23(27)18-5-3-4-6-21(18)32(24)14-16-7-8-16/h3-6,11-12,15-16H,7-10,13-14,28H2,1-2H3/t15-/m1/s1. The molecule has 1 amide bonds. The van der Waals surface area contributed by atoms with Gasteiger partial charge in [0.1, 0.15) is 5.69 Å². The number of nitrogens with zero attached hydrogens (tertiary/aromatic N) is 4. The van der Waals surface area contributed by atoms with Crippen molar-refractivity contribution < 1.29 is 9.18 Å². The highest BCUT2D eigenvalue weighted by molar-refractivity contribution is 6.00. The zero-order valence-corrected chi connectivity index (χ0v) is 19.0. The van der Waals surface area contributed by atoms with E-state index >= 15 is 4.39 Å². The van der Waals surface area contributed by atoms with Crippen molar-refractivity contribution in [3.63, 3.8) is 0 Å². The van der Waals surface area contributed by atoms with E-state index in [2.05, 4.69) is 4.57 Å². The van der Waals surface area contributed by atoms with E-state index in [1.807, 2.05) is 59.8 Å². The average Bonchev–Trinajstić information content (AvgIpc) is 3.51. The number of hydrogen-bond donors (Lipinski definition) is 1. The molecule has 2 aliphatic rings. The number of carbonyl (C=O) groups excluding carboxylic acids is 1.